The first kappa shape index (κ1) is 16.6. The first-order valence-electron chi connectivity index (χ1n) is 9.60. The SMILES string of the molecule is CN(c1ccc2ccccc2c1)c1cccc2ccc(-c3ccccc3)cc12. The van der Waals surface area contributed by atoms with Crippen molar-refractivity contribution in [3.63, 3.8) is 0 Å². The second-order valence-corrected chi connectivity index (χ2v) is 7.17. The highest BCUT2D eigenvalue weighted by molar-refractivity contribution is 5.99. The van der Waals surface area contributed by atoms with Gasteiger partial charge in [-0.15, -0.1) is 0 Å². The zero-order chi connectivity index (χ0) is 18.9. The summed E-state index contributed by atoms with van der Waals surface area (Å²) in [6.45, 7) is 0. The normalized spacial score (nSPS) is 11.0. The molecule has 0 spiro atoms. The van der Waals surface area contributed by atoms with E-state index in [9.17, 15) is 0 Å². The lowest BCUT2D eigenvalue weighted by Crippen LogP contribution is -2.09. The summed E-state index contributed by atoms with van der Waals surface area (Å²) < 4.78 is 0. The third-order valence-electron chi connectivity index (χ3n) is 5.45. The van der Waals surface area contributed by atoms with Gasteiger partial charge >= 0.3 is 0 Å². The molecule has 0 aromatic heterocycles. The topological polar surface area (TPSA) is 3.24 Å². The Morgan fingerprint density at radius 2 is 1.21 bits per heavy atom. The van der Waals surface area contributed by atoms with Crippen molar-refractivity contribution in [1.82, 2.24) is 0 Å². The van der Waals surface area contributed by atoms with Crippen molar-refractivity contribution in [2.75, 3.05) is 11.9 Å². The molecule has 5 aromatic carbocycles. The summed E-state index contributed by atoms with van der Waals surface area (Å²) in [6, 6.07) is 39.0. The van der Waals surface area contributed by atoms with Crippen LogP contribution in [0, 0.1) is 0 Å². The summed E-state index contributed by atoms with van der Waals surface area (Å²) in [5.74, 6) is 0. The van der Waals surface area contributed by atoms with Crippen LogP contribution in [0.2, 0.25) is 0 Å². The molecule has 1 nitrogen and oxygen atoms in total. The Morgan fingerprint density at radius 1 is 0.500 bits per heavy atom. The number of anilines is 2. The third kappa shape index (κ3) is 2.91. The molecule has 0 N–H and O–H groups in total. The molecule has 0 aliphatic carbocycles. The van der Waals surface area contributed by atoms with Gasteiger partial charge in [-0.05, 0) is 51.6 Å². The molecule has 1 heteroatoms. The van der Waals surface area contributed by atoms with E-state index in [4.69, 9.17) is 0 Å². The quantitative estimate of drug-likeness (QED) is 0.324. The van der Waals surface area contributed by atoms with Crippen molar-refractivity contribution in [3.8, 4) is 11.1 Å². The van der Waals surface area contributed by atoms with Crippen molar-refractivity contribution in [2.45, 2.75) is 0 Å². The molecule has 0 saturated carbocycles. The molecule has 0 atom stereocenters. The predicted octanol–water partition coefficient (Wildman–Crippen LogP) is 7.43. The van der Waals surface area contributed by atoms with E-state index < -0.39 is 0 Å². The molecule has 0 fully saturated rings. The summed E-state index contributed by atoms with van der Waals surface area (Å²) in [5, 5.41) is 5.05. The van der Waals surface area contributed by atoms with Gasteiger partial charge in [0.15, 0.2) is 0 Å². The Balaban J connectivity index is 1.64. The summed E-state index contributed by atoms with van der Waals surface area (Å²) in [6.07, 6.45) is 0. The lowest BCUT2D eigenvalue weighted by molar-refractivity contribution is 1.23. The van der Waals surface area contributed by atoms with E-state index in [-0.39, 0.29) is 0 Å². The molecule has 134 valence electrons. The number of fused-ring (bicyclic) bond motifs is 2. The first-order valence-corrected chi connectivity index (χ1v) is 9.60. The fraction of sp³-hybridized carbons (Fsp3) is 0.0370. The van der Waals surface area contributed by atoms with Crippen LogP contribution in [-0.2, 0) is 0 Å². The largest absolute Gasteiger partial charge is 0.344 e. The highest BCUT2D eigenvalue weighted by atomic mass is 15.1. The van der Waals surface area contributed by atoms with Gasteiger partial charge in [-0.25, -0.2) is 0 Å². The molecule has 0 aliphatic heterocycles. The van der Waals surface area contributed by atoms with Crippen molar-refractivity contribution in [1.29, 1.82) is 0 Å². The summed E-state index contributed by atoms with van der Waals surface area (Å²) >= 11 is 0. The van der Waals surface area contributed by atoms with Crippen molar-refractivity contribution in [3.05, 3.63) is 109 Å². The minimum atomic E-state index is 1.19. The standard InChI is InChI=1S/C27H21N/c1-28(25-17-16-21-10-5-6-11-23(21)18-25)27-13-7-12-22-14-15-24(19-26(22)27)20-8-3-2-4-9-20/h2-19H,1H3. The first-order chi connectivity index (χ1) is 13.8. The van der Waals surface area contributed by atoms with E-state index in [1.54, 1.807) is 0 Å². The van der Waals surface area contributed by atoms with Crippen LogP contribution in [0.1, 0.15) is 0 Å². The molecule has 28 heavy (non-hydrogen) atoms. The van der Waals surface area contributed by atoms with Crippen LogP contribution >= 0.6 is 0 Å². The van der Waals surface area contributed by atoms with Crippen LogP contribution in [0.3, 0.4) is 0 Å². The number of hydrogen-bond acceptors (Lipinski definition) is 1. The van der Waals surface area contributed by atoms with E-state index >= 15 is 0 Å². The Hall–Kier alpha value is -3.58. The maximum atomic E-state index is 2.30. The summed E-state index contributed by atoms with van der Waals surface area (Å²) in [5.41, 5.74) is 4.89. The average molecular weight is 359 g/mol. The number of hydrogen-bond donors (Lipinski definition) is 0. The summed E-state index contributed by atoms with van der Waals surface area (Å²) in [7, 11) is 2.15. The fourth-order valence-electron chi connectivity index (χ4n) is 3.88. The second kappa shape index (κ2) is 6.86. The van der Waals surface area contributed by atoms with Crippen molar-refractivity contribution >= 4 is 32.9 Å². The number of benzene rings is 5. The number of rotatable bonds is 3. The third-order valence-corrected chi connectivity index (χ3v) is 5.45. The van der Waals surface area contributed by atoms with Gasteiger partial charge in [-0.1, -0.05) is 84.9 Å². The molecular formula is C27H21N. The van der Waals surface area contributed by atoms with Gasteiger partial charge in [-0.2, -0.15) is 0 Å². The molecule has 0 amide bonds. The lowest BCUT2D eigenvalue weighted by atomic mass is 10.00. The minimum absolute atomic E-state index is 1.19. The molecule has 0 heterocycles. The van der Waals surface area contributed by atoms with E-state index in [0.29, 0.717) is 0 Å². The molecule has 0 aliphatic rings. The van der Waals surface area contributed by atoms with Crippen LogP contribution in [0.25, 0.3) is 32.7 Å². The minimum Gasteiger partial charge on any atom is -0.344 e. The van der Waals surface area contributed by atoms with E-state index in [2.05, 4.69) is 121 Å². The fourth-order valence-corrected chi connectivity index (χ4v) is 3.88. The molecular weight excluding hydrogens is 338 g/mol. The van der Waals surface area contributed by atoms with Gasteiger partial charge in [0.25, 0.3) is 0 Å². The Labute approximate surface area is 165 Å². The number of nitrogens with zero attached hydrogens (tertiary/aromatic N) is 1. The molecule has 0 radical (unpaired) electrons. The van der Waals surface area contributed by atoms with Crippen LogP contribution in [-0.4, -0.2) is 7.05 Å². The van der Waals surface area contributed by atoms with Crippen LogP contribution in [0.5, 0.6) is 0 Å². The van der Waals surface area contributed by atoms with Crippen molar-refractivity contribution in [2.24, 2.45) is 0 Å². The van der Waals surface area contributed by atoms with Gasteiger partial charge in [0.2, 0.25) is 0 Å². The van der Waals surface area contributed by atoms with Crippen LogP contribution in [0.15, 0.2) is 109 Å². The van der Waals surface area contributed by atoms with Crippen LogP contribution < -0.4 is 4.90 Å². The predicted molar refractivity (Wildman–Crippen MR) is 121 cm³/mol. The van der Waals surface area contributed by atoms with Crippen LogP contribution in [0.4, 0.5) is 11.4 Å². The monoisotopic (exact) mass is 359 g/mol. The molecule has 0 bridgehead atoms. The second-order valence-electron chi connectivity index (χ2n) is 7.17. The van der Waals surface area contributed by atoms with E-state index in [0.717, 1.165) is 0 Å². The zero-order valence-electron chi connectivity index (χ0n) is 15.8. The highest BCUT2D eigenvalue weighted by Gasteiger charge is 2.10. The van der Waals surface area contributed by atoms with Gasteiger partial charge in [0, 0.05) is 23.8 Å². The maximum absolute atomic E-state index is 2.30. The Kier molecular flexibility index (Phi) is 4.06. The van der Waals surface area contributed by atoms with Gasteiger partial charge in [0.1, 0.15) is 0 Å². The zero-order valence-corrected chi connectivity index (χ0v) is 15.8. The highest BCUT2D eigenvalue weighted by Crippen LogP contribution is 2.34. The van der Waals surface area contributed by atoms with Gasteiger partial charge in [-0.3, -0.25) is 0 Å². The molecule has 5 rings (SSSR count). The maximum Gasteiger partial charge on any atom is 0.0487 e. The van der Waals surface area contributed by atoms with E-state index in [1.807, 2.05) is 0 Å². The van der Waals surface area contributed by atoms with Gasteiger partial charge in [0.05, 0.1) is 0 Å². The molecule has 5 aromatic rings. The molecule has 0 unspecified atom stereocenters. The summed E-state index contributed by atoms with van der Waals surface area (Å²) in [4.78, 5) is 2.28. The molecule has 0 saturated heterocycles. The van der Waals surface area contributed by atoms with Crippen molar-refractivity contribution < 1.29 is 0 Å². The lowest BCUT2D eigenvalue weighted by Gasteiger charge is -2.22. The average Bonchev–Trinajstić information content (AvgIpc) is 2.78. The van der Waals surface area contributed by atoms with E-state index in [1.165, 1.54) is 44.0 Å². The Bertz CT molecular complexity index is 1270. The smallest absolute Gasteiger partial charge is 0.0487 e. The Morgan fingerprint density at radius 3 is 2.07 bits per heavy atom. The van der Waals surface area contributed by atoms with Gasteiger partial charge < -0.3 is 4.90 Å².